The monoisotopic (exact) mass is 276 g/mol. The molecule has 0 aliphatic heterocycles. The van der Waals surface area contributed by atoms with E-state index in [1.807, 2.05) is 6.92 Å². The summed E-state index contributed by atoms with van der Waals surface area (Å²) in [6.45, 7) is 2.59. The predicted molar refractivity (Wildman–Crippen MR) is 71.0 cm³/mol. The van der Waals surface area contributed by atoms with Crippen molar-refractivity contribution < 1.29 is 13.6 Å². The summed E-state index contributed by atoms with van der Waals surface area (Å²) in [5.74, 6) is -1.23. The first-order valence-electron chi connectivity index (χ1n) is 6.25. The number of aromatic nitrogens is 1. The Labute approximate surface area is 115 Å². The molecule has 2 aromatic rings. The Morgan fingerprint density at radius 3 is 2.65 bits per heavy atom. The van der Waals surface area contributed by atoms with Crippen LogP contribution in [0.4, 0.5) is 8.78 Å². The van der Waals surface area contributed by atoms with Crippen molar-refractivity contribution in [2.24, 2.45) is 0 Å². The van der Waals surface area contributed by atoms with Gasteiger partial charge in [0.25, 0.3) is 5.91 Å². The zero-order valence-electron chi connectivity index (χ0n) is 11.0. The van der Waals surface area contributed by atoms with Crippen LogP contribution in [0.1, 0.15) is 22.8 Å². The van der Waals surface area contributed by atoms with Gasteiger partial charge in [-0.1, -0.05) is 12.1 Å². The largest absolute Gasteiger partial charge is 0.335 e. The van der Waals surface area contributed by atoms with E-state index in [4.69, 9.17) is 0 Å². The number of halogens is 2. The van der Waals surface area contributed by atoms with Crippen LogP contribution in [0.2, 0.25) is 0 Å². The molecule has 3 nitrogen and oxygen atoms in total. The van der Waals surface area contributed by atoms with Gasteiger partial charge in [-0.25, -0.2) is 9.37 Å². The Hall–Kier alpha value is -2.30. The first-order chi connectivity index (χ1) is 9.60. The van der Waals surface area contributed by atoms with Crippen LogP contribution in [0.3, 0.4) is 0 Å². The van der Waals surface area contributed by atoms with Crippen molar-refractivity contribution in [2.75, 3.05) is 6.54 Å². The Kier molecular flexibility index (Phi) is 4.40. The van der Waals surface area contributed by atoms with E-state index in [-0.39, 0.29) is 11.7 Å². The molecule has 0 bridgehead atoms. The predicted octanol–water partition coefficient (Wildman–Crippen LogP) is 3.02. The minimum atomic E-state index is -0.630. The SMILES string of the molecule is CCN(Cc1cccc(F)c1)C(=O)c1ccc(F)nc1. The van der Waals surface area contributed by atoms with Gasteiger partial charge in [-0.3, -0.25) is 4.79 Å². The Bertz CT molecular complexity index is 599. The molecule has 0 aliphatic carbocycles. The lowest BCUT2D eigenvalue weighted by atomic mass is 10.2. The van der Waals surface area contributed by atoms with Gasteiger partial charge < -0.3 is 4.90 Å². The average molecular weight is 276 g/mol. The number of amides is 1. The van der Waals surface area contributed by atoms with Gasteiger partial charge in [0, 0.05) is 19.3 Å². The van der Waals surface area contributed by atoms with Gasteiger partial charge in [0.1, 0.15) is 5.82 Å². The van der Waals surface area contributed by atoms with Gasteiger partial charge in [-0.15, -0.1) is 0 Å². The lowest BCUT2D eigenvalue weighted by Gasteiger charge is -2.21. The number of carbonyl (C=O) groups excluding carboxylic acids is 1. The first kappa shape index (κ1) is 14.1. The summed E-state index contributed by atoms with van der Waals surface area (Å²) >= 11 is 0. The number of hydrogen-bond acceptors (Lipinski definition) is 2. The van der Waals surface area contributed by atoms with Crippen LogP contribution in [0.25, 0.3) is 0 Å². The van der Waals surface area contributed by atoms with Gasteiger partial charge in [0.05, 0.1) is 5.56 Å². The van der Waals surface area contributed by atoms with E-state index in [1.54, 1.807) is 17.0 Å². The number of rotatable bonds is 4. The number of nitrogens with zero attached hydrogens (tertiary/aromatic N) is 2. The Morgan fingerprint density at radius 1 is 1.25 bits per heavy atom. The summed E-state index contributed by atoms with van der Waals surface area (Å²) in [7, 11) is 0. The highest BCUT2D eigenvalue weighted by molar-refractivity contribution is 5.93. The molecular weight excluding hydrogens is 262 g/mol. The molecule has 0 fully saturated rings. The van der Waals surface area contributed by atoms with E-state index in [0.717, 1.165) is 6.07 Å². The topological polar surface area (TPSA) is 33.2 Å². The zero-order chi connectivity index (χ0) is 14.5. The maximum atomic E-state index is 13.1. The molecule has 0 atom stereocenters. The Morgan fingerprint density at radius 2 is 2.05 bits per heavy atom. The van der Waals surface area contributed by atoms with Gasteiger partial charge in [0.2, 0.25) is 5.95 Å². The summed E-state index contributed by atoms with van der Waals surface area (Å²) in [6.07, 6.45) is 1.20. The maximum Gasteiger partial charge on any atom is 0.255 e. The second-order valence-corrected chi connectivity index (χ2v) is 4.32. The van der Waals surface area contributed by atoms with E-state index in [2.05, 4.69) is 4.98 Å². The standard InChI is InChI=1S/C15H14F2N2O/c1-2-19(10-11-4-3-5-13(16)8-11)15(20)12-6-7-14(17)18-9-12/h3-9H,2,10H2,1H3. The van der Waals surface area contributed by atoms with E-state index in [1.165, 1.54) is 24.4 Å². The van der Waals surface area contributed by atoms with Crippen LogP contribution in [-0.2, 0) is 6.54 Å². The molecule has 0 unspecified atom stereocenters. The number of carbonyl (C=O) groups is 1. The molecule has 2 rings (SSSR count). The fourth-order valence-electron chi connectivity index (χ4n) is 1.87. The van der Waals surface area contributed by atoms with Gasteiger partial charge in [-0.05, 0) is 36.8 Å². The lowest BCUT2D eigenvalue weighted by molar-refractivity contribution is 0.0752. The number of pyridine rings is 1. The molecule has 0 saturated carbocycles. The molecule has 1 aromatic heterocycles. The molecule has 20 heavy (non-hydrogen) atoms. The molecule has 5 heteroatoms. The highest BCUT2D eigenvalue weighted by atomic mass is 19.1. The molecule has 1 aromatic carbocycles. The highest BCUT2D eigenvalue weighted by Gasteiger charge is 2.15. The van der Waals surface area contributed by atoms with Crippen LogP contribution in [0, 0.1) is 11.8 Å². The van der Waals surface area contributed by atoms with Crippen molar-refractivity contribution in [3.63, 3.8) is 0 Å². The summed E-state index contributed by atoms with van der Waals surface area (Å²) in [5.41, 5.74) is 1.01. The van der Waals surface area contributed by atoms with E-state index in [9.17, 15) is 13.6 Å². The van der Waals surface area contributed by atoms with Crippen LogP contribution in [-0.4, -0.2) is 22.3 Å². The van der Waals surface area contributed by atoms with Crippen molar-refractivity contribution in [1.29, 1.82) is 0 Å². The van der Waals surface area contributed by atoms with E-state index >= 15 is 0 Å². The third-order valence-corrected chi connectivity index (χ3v) is 2.91. The smallest absolute Gasteiger partial charge is 0.255 e. The molecule has 0 radical (unpaired) electrons. The molecule has 104 valence electrons. The van der Waals surface area contributed by atoms with Gasteiger partial charge in [0.15, 0.2) is 0 Å². The number of hydrogen-bond donors (Lipinski definition) is 0. The van der Waals surface area contributed by atoms with E-state index < -0.39 is 5.95 Å². The fraction of sp³-hybridized carbons (Fsp3) is 0.200. The summed E-state index contributed by atoms with van der Waals surface area (Å²) in [5, 5.41) is 0. The average Bonchev–Trinajstić information content (AvgIpc) is 2.45. The van der Waals surface area contributed by atoms with Crippen molar-refractivity contribution in [3.8, 4) is 0 Å². The first-order valence-corrected chi connectivity index (χ1v) is 6.25. The van der Waals surface area contributed by atoms with Crippen molar-refractivity contribution in [3.05, 3.63) is 65.5 Å². The second kappa shape index (κ2) is 6.23. The fourth-order valence-corrected chi connectivity index (χ4v) is 1.87. The summed E-state index contributed by atoms with van der Waals surface area (Å²) in [4.78, 5) is 17.3. The quantitative estimate of drug-likeness (QED) is 0.804. The molecule has 0 spiro atoms. The normalized spacial score (nSPS) is 10.3. The van der Waals surface area contributed by atoms with Crippen molar-refractivity contribution in [1.82, 2.24) is 9.88 Å². The van der Waals surface area contributed by atoms with Crippen LogP contribution in [0.5, 0.6) is 0 Å². The third kappa shape index (κ3) is 3.38. The molecule has 0 aliphatic rings. The molecular formula is C15H14F2N2O. The summed E-state index contributed by atoms with van der Waals surface area (Å²) < 4.78 is 25.9. The highest BCUT2D eigenvalue weighted by Crippen LogP contribution is 2.11. The van der Waals surface area contributed by atoms with Crippen molar-refractivity contribution >= 4 is 5.91 Å². The second-order valence-electron chi connectivity index (χ2n) is 4.32. The summed E-state index contributed by atoms with van der Waals surface area (Å²) in [6, 6.07) is 8.62. The van der Waals surface area contributed by atoms with Crippen molar-refractivity contribution in [2.45, 2.75) is 13.5 Å². The zero-order valence-corrected chi connectivity index (χ0v) is 11.0. The molecule has 1 amide bonds. The van der Waals surface area contributed by atoms with Gasteiger partial charge >= 0.3 is 0 Å². The van der Waals surface area contributed by atoms with Crippen LogP contribution < -0.4 is 0 Å². The third-order valence-electron chi connectivity index (χ3n) is 2.91. The molecule has 0 N–H and O–H groups in total. The van der Waals surface area contributed by atoms with Crippen LogP contribution in [0.15, 0.2) is 42.6 Å². The minimum Gasteiger partial charge on any atom is -0.335 e. The van der Waals surface area contributed by atoms with Gasteiger partial charge in [-0.2, -0.15) is 4.39 Å². The lowest BCUT2D eigenvalue weighted by Crippen LogP contribution is -2.30. The Balaban J connectivity index is 2.15. The van der Waals surface area contributed by atoms with Crippen LogP contribution >= 0.6 is 0 Å². The number of benzene rings is 1. The van der Waals surface area contributed by atoms with E-state index in [0.29, 0.717) is 24.2 Å². The molecule has 0 saturated heterocycles. The minimum absolute atomic E-state index is 0.260. The maximum absolute atomic E-state index is 13.1. The molecule has 1 heterocycles.